The third kappa shape index (κ3) is 2.32. The molecule has 0 unspecified atom stereocenters. The van der Waals surface area contributed by atoms with Crippen LogP contribution in [0.5, 0.6) is 0 Å². The molecule has 1 aromatic heterocycles. The molecule has 112 valence electrons. The van der Waals surface area contributed by atoms with E-state index in [4.69, 9.17) is 0 Å². The van der Waals surface area contributed by atoms with Crippen LogP contribution in [-0.4, -0.2) is 21.5 Å². The number of aryl methyl sites for hydroxylation is 1. The fraction of sp³-hybridized carbons (Fsp3) is 0.278. The quantitative estimate of drug-likeness (QED) is 0.737. The summed E-state index contributed by atoms with van der Waals surface area (Å²) < 4.78 is 4.62. The zero-order valence-corrected chi connectivity index (χ0v) is 13.4. The molecule has 0 saturated heterocycles. The van der Waals surface area contributed by atoms with Gasteiger partial charge in [-0.15, -0.1) is 0 Å². The summed E-state index contributed by atoms with van der Waals surface area (Å²) in [6.45, 7) is 3.67. The van der Waals surface area contributed by atoms with Gasteiger partial charge in [0.05, 0.1) is 0 Å². The first-order chi connectivity index (χ1) is 10.7. The number of fused-ring (bicyclic) bond motifs is 3. The van der Waals surface area contributed by atoms with Crippen LogP contribution in [0.4, 0.5) is 0 Å². The third-order valence-electron chi connectivity index (χ3n) is 4.18. The lowest BCUT2D eigenvalue weighted by atomic mass is 10.1. The van der Waals surface area contributed by atoms with Crippen molar-refractivity contribution in [2.45, 2.75) is 31.3 Å². The van der Waals surface area contributed by atoms with Gasteiger partial charge in [0.2, 0.25) is 0 Å². The van der Waals surface area contributed by atoms with Crippen LogP contribution in [0.2, 0.25) is 0 Å². The Kier molecular flexibility index (Phi) is 3.43. The highest BCUT2D eigenvalue weighted by molar-refractivity contribution is 7.99. The lowest BCUT2D eigenvalue weighted by Gasteiger charge is -2.14. The summed E-state index contributed by atoms with van der Waals surface area (Å²) in [5.74, 6) is 0.768. The highest BCUT2D eigenvalue weighted by atomic mass is 32.2. The molecular formula is C18H19N2OS+. The molecule has 2 heterocycles. The van der Waals surface area contributed by atoms with Crippen LogP contribution in [0.1, 0.15) is 11.1 Å². The molecule has 0 bridgehead atoms. The summed E-state index contributed by atoms with van der Waals surface area (Å²) in [4.78, 5) is 0. The Bertz CT molecular complexity index is 823. The Balaban J connectivity index is 1.84. The molecule has 2 aromatic carbocycles. The van der Waals surface area contributed by atoms with Crippen molar-refractivity contribution in [3.05, 3.63) is 59.7 Å². The minimum atomic E-state index is -0.263. The van der Waals surface area contributed by atoms with Crippen molar-refractivity contribution in [3.63, 3.8) is 0 Å². The molecule has 3 nitrogen and oxygen atoms in total. The molecule has 1 aliphatic heterocycles. The van der Waals surface area contributed by atoms with Crippen molar-refractivity contribution in [2.75, 3.05) is 5.75 Å². The highest BCUT2D eigenvalue weighted by Gasteiger charge is 2.31. The Morgan fingerprint density at radius 3 is 2.77 bits per heavy atom. The summed E-state index contributed by atoms with van der Waals surface area (Å²) in [5, 5.41) is 11.2. The Morgan fingerprint density at radius 1 is 1.18 bits per heavy atom. The number of aromatic nitrogens is 2. The summed E-state index contributed by atoms with van der Waals surface area (Å²) in [7, 11) is 0. The number of hydrogen-bond donors (Lipinski definition) is 1. The third-order valence-corrected chi connectivity index (χ3v) is 5.43. The van der Waals surface area contributed by atoms with E-state index in [-0.39, 0.29) is 6.10 Å². The second-order valence-electron chi connectivity index (χ2n) is 5.92. The van der Waals surface area contributed by atoms with Crippen molar-refractivity contribution >= 4 is 22.8 Å². The standard InChI is InChI=1S/C18H19N2OS/c1-13-6-8-14(9-7-13)10-19-16-4-2-3-5-17(16)20-11-15(21)12-22-18(19)20/h2-9,15,21H,10-12H2,1H3/q+1/t15-/m1/s1. The molecule has 0 spiro atoms. The number of benzene rings is 2. The fourth-order valence-electron chi connectivity index (χ4n) is 3.07. The van der Waals surface area contributed by atoms with Crippen LogP contribution in [-0.2, 0) is 13.1 Å². The lowest BCUT2D eigenvalue weighted by molar-refractivity contribution is -0.717. The number of thioether (sulfide) groups is 1. The average molecular weight is 311 g/mol. The van der Waals surface area contributed by atoms with Crippen LogP contribution >= 0.6 is 11.8 Å². The molecule has 4 heteroatoms. The summed E-state index contributed by atoms with van der Waals surface area (Å²) in [6.07, 6.45) is -0.263. The highest BCUT2D eigenvalue weighted by Crippen LogP contribution is 2.27. The number of hydrogen-bond acceptors (Lipinski definition) is 2. The van der Waals surface area contributed by atoms with E-state index in [1.165, 1.54) is 27.3 Å². The minimum absolute atomic E-state index is 0.263. The Hall–Kier alpha value is -1.78. The normalized spacial score (nSPS) is 17.6. The largest absolute Gasteiger partial charge is 0.388 e. The monoisotopic (exact) mass is 311 g/mol. The molecule has 0 amide bonds. The molecule has 0 fully saturated rings. The zero-order valence-electron chi connectivity index (χ0n) is 12.6. The van der Waals surface area contributed by atoms with Gasteiger partial charge in [-0.1, -0.05) is 42.0 Å². The van der Waals surface area contributed by atoms with Crippen LogP contribution in [0.15, 0.2) is 53.7 Å². The topological polar surface area (TPSA) is 29.0 Å². The number of para-hydroxylation sites is 2. The summed E-state index contributed by atoms with van der Waals surface area (Å²) in [6, 6.07) is 17.2. The predicted octanol–water partition coefficient (Wildman–Crippen LogP) is 2.75. The Morgan fingerprint density at radius 2 is 1.95 bits per heavy atom. The summed E-state index contributed by atoms with van der Waals surface area (Å²) in [5.41, 5.74) is 5.03. The van der Waals surface area contributed by atoms with Gasteiger partial charge in [0.15, 0.2) is 11.0 Å². The van der Waals surface area contributed by atoms with E-state index in [0.717, 1.165) is 12.3 Å². The number of aliphatic hydroxyl groups excluding tert-OH is 1. The number of aliphatic hydroxyl groups is 1. The van der Waals surface area contributed by atoms with E-state index in [2.05, 4.69) is 64.6 Å². The summed E-state index contributed by atoms with van der Waals surface area (Å²) >= 11 is 1.75. The average Bonchev–Trinajstić information content (AvgIpc) is 2.83. The fourth-order valence-corrected chi connectivity index (χ4v) is 4.16. The van der Waals surface area contributed by atoms with E-state index in [0.29, 0.717) is 6.54 Å². The predicted molar refractivity (Wildman–Crippen MR) is 89.1 cm³/mol. The van der Waals surface area contributed by atoms with E-state index in [1.807, 2.05) is 0 Å². The van der Waals surface area contributed by atoms with Gasteiger partial charge in [-0.2, -0.15) is 0 Å². The SMILES string of the molecule is Cc1ccc(Cn2c3[n+](c4ccccc42)C[C@@H](O)CS3)cc1. The first kappa shape index (κ1) is 13.9. The van der Waals surface area contributed by atoms with E-state index in [9.17, 15) is 5.11 Å². The number of rotatable bonds is 2. The van der Waals surface area contributed by atoms with Gasteiger partial charge in [-0.3, -0.25) is 0 Å². The van der Waals surface area contributed by atoms with E-state index >= 15 is 0 Å². The molecule has 22 heavy (non-hydrogen) atoms. The van der Waals surface area contributed by atoms with Crippen LogP contribution in [0, 0.1) is 6.92 Å². The Labute approximate surface area is 134 Å². The van der Waals surface area contributed by atoms with Gasteiger partial charge in [-0.05, 0) is 36.4 Å². The van der Waals surface area contributed by atoms with Gasteiger partial charge in [0.1, 0.15) is 19.2 Å². The van der Waals surface area contributed by atoms with Gasteiger partial charge in [-0.25, -0.2) is 9.13 Å². The van der Waals surface area contributed by atoms with Crippen LogP contribution < -0.4 is 4.57 Å². The van der Waals surface area contributed by atoms with Gasteiger partial charge in [0, 0.05) is 5.75 Å². The maximum Gasteiger partial charge on any atom is 0.319 e. The maximum absolute atomic E-state index is 9.99. The van der Waals surface area contributed by atoms with Crippen LogP contribution in [0.3, 0.4) is 0 Å². The van der Waals surface area contributed by atoms with Gasteiger partial charge in [0.25, 0.3) is 0 Å². The lowest BCUT2D eigenvalue weighted by Crippen LogP contribution is -2.45. The second-order valence-corrected chi connectivity index (χ2v) is 6.91. The molecular weight excluding hydrogens is 292 g/mol. The van der Waals surface area contributed by atoms with Crippen molar-refractivity contribution < 1.29 is 9.67 Å². The molecule has 3 aromatic rings. The molecule has 0 aliphatic carbocycles. The van der Waals surface area contributed by atoms with Crippen molar-refractivity contribution in [3.8, 4) is 0 Å². The van der Waals surface area contributed by atoms with Crippen LogP contribution in [0.25, 0.3) is 11.0 Å². The first-order valence-corrected chi connectivity index (χ1v) is 8.58. The minimum Gasteiger partial charge on any atom is -0.388 e. The molecule has 4 rings (SSSR count). The smallest absolute Gasteiger partial charge is 0.319 e. The van der Waals surface area contributed by atoms with E-state index < -0.39 is 0 Å². The van der Waals surface area contributed by atoms with Crippen molar-refractivity contribution in [1.82, 2.24) is 4.57 Å². The first-order valence-electron chi connectivity index (χ1n) is 7.60. The molecule has 1 N–H and O–H groups in total. The van der Waals surface area contributed by atoms with Gasteiger partial charge >= 0.3 is 5.16 Å². The van der Waals surface area contributed by atoms with Gasteiger partial charge < -0.3 is 5.11 Å². The number of imidazole rings is 1. The van der Waals surface area contributed by atoms with Crippen molar-refractivity contribution in [2.24, 2.45) is 0 Å². The van der Waals surface area contributed by atoms with Crippen molar-refractivity contribution in [1.29, 1.82) is 0 Å². The molecule has 1 aliphatic rings. The molecule has 1 atom stereocenters. The zero-order chi connectivity index (χ0) is 15.1. The number of nitrogens with zero attached hydrogens (tertiary/aromatic N) is 2. The second kappa shape index (κ2) is 5.45. The maximum atomic E-state index is 9.99. The molecule has 0 saturated carbocycles. The molecule has 0 radical (unpaired) electrons. The van der Waals surface area contributed by atoms with E-state index in [1.54, 1.807) is 11.8 Å².